The number of carbonyl (C=O) groups excluding carboxylic acids is 2. The summed E-state index contributed by atoms with van der Waals surface area (Å²) in [4.78, 5) is 37.4. The minimum absolute atomic E-state index is 0.0433. The van der Waals surface area contributed by atoms with Crippen molar-refractivity contribution in [3.05, 3.63) is 72.9 Å². The average molecular weight is 750 g/mol. The predicted molar refractivity (Wildman–Crippen MR) is 213 cm³/mol. The molecular formula is C42H72NO8P. The van der Waals surface area contributed by atoms with Gasteiger partial charge >= 0.3 is 11.9 Å². The largest absolute Gasteiger partial charge is 0.756 e. The number of quaternary nitrogens is 1. The van der Waals surface area contributed by atoms with Crippen LogP contribution in [0.4, 0.5) is 0 Å². The van der Waals surface area contributed by atoms with Crippen LogP contribution >= 0.6 is 7.82 Å². The highest BCUT2D eigenvalue weighted by Crippen LogP contribution is 2.38. The van der Waals surface area contributed by atoms with Crippen molar-refractivity contribution in [1.82, 2.24) is 0 Å². The van der Waals surface area contributed by atoms with Gasteiger partial charge in [-0.05, 0) is 77.0 Å². The first-order valence-electron chi connectivity index (χ1n) is 19.6. The molecule has 298 valence electrons. The van der Waals surface area contributed by atoms with Crippen molar-refractivity contribution in [3.8, 4) is 0 Å². The zero-order valence-corrected chi connectivity index (χ0v) is 34.1. The van der Waals surface area contributed by atoms with Crippen LogP contribution in [0.1, 0.15) is 129 Å². The molecule has 0 bridgehead atoms. The van der Waals surface area contributed by atoms with Crippen molar-refractivity contribution in [2.75, 3.05) is 47.5 Å². The average Bonchev–Trinajstić information content (AvgIpc) is 3.09. The van der Waals surface area contributed by atoms with Gasteiger partial charge in [0.25, 0.3) is 7.82 Å². The maximum Gasteiger partial charge on any atom is 0.306 e. The lowest BCUT2D eigenvalue weighted by Gasteiger charge is -2.28. The van der Waals surface area contributed by atoms with E-state index in [1.807, 2.05) is 21.1 Å². The van der Waals surface area contributed by atoms with Gasteiger partial charge < -0.3 is 27.9 Å². The number of phosphoric acid groups is 1. The van der Waals surface area contributed by atoms with Crippen molar-refractivity contribution >= 4 is 19.8 Å². The van der Waals surface area contributed by atoms with E-state index in [1.54, 1.807) is 0 Å². The van der Waals surface area contributed by atoms with Crippen molar-refractivity contribution < 1.29 is 42.1 Å². The van der Waals surface area contributed by atoms with Crippen LogP contribution in [0.25, 0.3) is 0 Å². The summed E-state index contributed by atoms with van der Waals surface area (Å²) in [6, 6.07) is 0. The van der Waals surface area contributed by atoms with Gasteiger partial charge in [-0.15, -0.1) is 0 Å². The number of nitrogens with zero attached hydrogens (tertiary/aromatic N) is 1. The molecule has 0 aliphatic heterocycles. The Labute approximate surface area is 317 Å². The molecule has 0 aromatic carbocycles. The summed E-state index contributed by atoms with van der Waals surface area (Å²) >= 11 is 0. The summed E-state index contributed by atoms with van der Waals surface area (Å²) < 4.78 is 33.7. The number of hydrogen-bond donors (Lipinski definition) is 0. The third-order valence-electron chi connectivity index (χ3n) is 7.72. The Kier molecular flexibility index (Phi) is 32.6. The van der Waals surface area contributed by atoms with Crippen LogP contribution < -0.4 is 4.89 Å². The van der Waals surface area contributed by atoms with E-state index in [4.69, 9.17) is 18.5 Å². The van der Waals surface area contributed by atoms with Gasteiger partial charge in [0, 0.05) is 12.8 Å². The minimum Gasteiger partial charge on any atom is -0.756 e. The molecule has 0 saturated heterocycles. The normalized spacial score (nSPS) is 14.5. The van der Waals surface area contributed by atoms with E-state index in [0.717, 1.165) is 89.9 Å². The molecule has 9 nitrogen and oxygen atoms in total. The van der Waals surface area contributed by atoms with Crippen LogP contribution in [0.15, 0.2) is 72.9 Å². The van der Waals surface area contributed by atoms with Crippen LogP contribution in [0.3, 0.4) is 0 Å². The Balaban J connectivity index is 4.52. The number of likely N-dealkylation sites (N-methyl/N-ethyl adjacent to an activating group) is 1. The van der Waals surface area contributed by atoms with E-state index in [0.29, 0.717) is 23.9 Å². The van der Waals surface area contributed by atoms with Gasteiger partial charge in [-0.2, -0.15) is 0 Å². The van der Waals surface area contributed by atoms with Crippen molar-refractivity contribution in [2.24, 2.45) is 0 Å². The Morgan fingerprint density at radius 2 is 1.04 bits per heavy atom. The lowest BCUT2D eigenvalue weighted by Crippen LogP contribution is -2.37. The number of unbranched alkanes of at least 4 members (excludes halogenated alkanes) is 8. The van der Waals surface area contributed by atoms with Gasteiger partial charge in [0.15, 0.2) is 6.10 Å². The number of hydrogen-bond acceptors (Lipinski definition) is 8. The van der Waals surface area contributed by atoms with E-state index >= 15 is 0 Å². The SMILES string of the molecule is CC/C=C\C/C=C\C/C=C\CCCCCCCC(=O)OC(COC(=O)CCCCC/C=C\C/C=C\C/C=C\CC)COP(=O)([O-])OCC[N+](C)(C)C. The molecule has 10 heteroatoms. The third-order valence-corrected chi connectivity index (χ3v) is 8.69. The quantitative estimate of drug-likeness (QED) is 0.0210. The summed E-state index contributed by atoms with van der Waals surface area (Å²) in [5.74, 6) is -0.899. The second-order valence-electron chi connectivity index (χ2n) is 13.9. The Morgan fingerprint density at radius 1 is 0.596 bits per heavy atom. The molecule has 0 N–H and O–H groups in total. The molecule has 0 saturated carbocycles. The van der Waals surface area contributed by atoms with E-state index < -0.39 is 32.5 Å². The van der Waals surface area contributed by atoms with Gasteiger partial charge in [-0.25, -0.2) is 0 Å². The molecule has 0 aromatic heterocycles. The number of ether oxygens (including phenoxy) is 2. The van der Waals surface area contributed by atoms with E-state index in [9.17, 15) is 19.0 Å². The van der Waals surface area contributed by atoms with Crippen molar-refractivity contribution in [1.29, 1.82) is 0 Å². The van der Waals surface area contributed by atoms with E-state index in [-0.39, 0.29) is 26.1 Å². The highest BCUT2D eigenvalue weighted by molar-refractivity contribution is 7.45. The van der Waals surface area contributed by atoms with Gasteiger partial charge in [0.1, 0.15) is 19.8 Å². The van der Waals surface area contributed by atoms with Crippen molar-refractivity contribution in [2.45, 2.75) is 136 Å². The van der Waals surface area contributed by atoms with Crippen LogP contribution in [-0.2, 0) is 32.7 Å². The van der Waals surface area contributed by atoms with E-state index in [1.165, 1.54) is 0 Å². The minimum atomic E-state index is -4.63. The molecule has 0 rings (SSSR count). The highest BCUT2D eigenvalue weighted by atomic mass is 31.2. The monoisotopic (exact) mass is 749 g/mol. The van der Waals surface area contributed by atoms with Gasteiger partial charge in [0.2, 0.25) is 0 Å². The van der Waals surface area contributed by atoms with Gasteiger partial charge in [-0.3, -0.25) is 14.2 Å². The molecule has 0 aromatic rings. The van der Waals surface area contributed by atoms with Crippen molar-refractivity contribution in [3.63, 3.8) is 0 Å². The first kappa shape index (κ1) is 49.5. The molecule has 0 spiro atoms. The lowest BCUT2D eigenvalue weighted by molar-refractivity contribution is -0.870. The summed E-state index contributed by atoms with van der Waals surface area (Å²) in [5.41, 5.74) is 0. The van der Waals surface area contributed by atoms with E-state index in [2.05, 4.69) is 86.8 Å². The fourth-order valence-corrected chi connectivity index (χ4v) is 5.41. The zero-order chi connectivity index (χ0) is 38.6. The third kappa shape index (κ3) is 37.2. The lowest BCUT2D eigenvalue weighted by atomic mass is 10.1. The first-order valence-corrected chi connectivity index (χ1v) is 21.1. The second kappa shape index (κ2) is 34.2. The Morgan fingerprint density at radius 3 is 1.56 bits per heavy atom. The topological polar surface area (TPSA) is 111 Å². The maximum absolute atomic E-state index is 12.6. The number of esters is 2. The number of allylic oxidation sites excluding steroid dienone is 12. The number of carbonyl (C=O) groups is 2. The molecule has 0 radical (unpaired) electrons. The van der Waals surface area contributed by atoms with Gasteiger partial charge in [0.05, 0.1) is 27.7 Å². The molecule has 0 amide bonds. The van der Waals surface area contributed by atoms with Crippen LogP contribution in [-0.4, -0.2) is 70.0 Å². The molecule has 0 aliphatic rings. The summed E-state index contributed by atoms with van der Waals surface area (Å²) in [6.45, 7) is 3.91. The fourth-order valence-electron chi connectivity index (χ4n) is 4.68. The molecule has 0 aliphatic carbocycles. The molecule has 0 heterocycles. The van der Waals surface area contributed by atoms with Crippen LogP contribution in [0.5, 0.6) is 0 Å². The molecule has 0 fully saturated rings. The fraction of sp³-hybridized carbons (Fsp3) is 0.667. The Hall–Kier alpha value is -2.55. The molecule has 2 unspecified atom stereocenters. The summed E-state index contributed by atoms with van der Waals surface area (Å²) in [7, 11) is 1.12. The molecule has 2 atom stereocenters. The standard InChI is InChI=1S/C42H72NO8P/c1-6-8-10-12-14-16-18-20-21-23-25-27-29-31-33-35-42(45)51-40(39-50-52(46,47)49-37-36-43(3,4)5)38-48-41(44)34-32-30-28-26-24-22-19-17-15-13-11-9-7-2/h8-11,14-17,20-22,24,40H,6-7,12-13,18-19,23,25-39H2,1-5H3/b10-8-,11-9-,16-14-,17-15-,21-20-,24-22-. The van der Waals surface area contributed by atoms with Crippen LogP contribution in [0.2, 0.25) is 0 Å². The highest BCUT2D eigenvalue weighted by Gasteiger charge is 2.21. The maximum atomic E-state index is 12.6. The second-order valence-corrected chi connectivity index (χ2v) is 15.3. The first-order chi connectivity index (χ1) is 25.0. The molecule has 52 heavy (non-hydrogen) atoms. The Bertz CT molecular complexity index is 1120. The summed E-state index contributed by atoms with van der Waals surface area (Å²) in [5, 5.41) is 0. The van der Waals surface area contributed by atoms with Crippen LogP contribution in [0, 0.1) is 0 Å². The van der Waals surface area contributed by atoms with Gasteiger partial charge in [-0.1, -0.05) is 112 Å². The number of rotatable bonds is 34. The smallest absolute Gasteiger partial charge is 0.306 e. The predicted octanol–water partition coefficient (Wildman–Crippen LogP) is 10.0. The molecular weight excluding hydrogens is 677 g/mol. The zero-order valence-electron chi connectivity index (χ0n) is 33.2. The number of phosphoric ester groups is 1. The summed E-state index contributed by atoms with van der Waals surface area (Å²) in [6.07, 6.45) is 40.8.